The van der Waals surface area contributed by atoms with Crippen LogP contribution < -0.4 is 11.5 Å². The highest BCUT2D eigenvalue weighted by Crippen LogP contribution is 2.39. The van der Waals surface area contributed by atoms with Crippen molar-refractivity contribution in [3.63, 3.8) is 0 Å². The monoisotopic (exact) mass is 205 g/mol. The minimum atomic E-state index is -0.794. The third-order valence-electron chi connectivity index (χ3n) is 3.00. The van der Waals surface area contributed by atoms with Crippen LogP contribution in [0.4, 0.5) is 5.82 Å². The second-order valence-electron chi connectivity index (χ2n) is 4.32. The van der Waals surface area contributed by atoms with E-state index in [0.29, 0.717) is 11.5 Å². The van der Waals surface area contributed by atoms with Crippen molar-refractivity contribution in [1.29, 1.82) is 0 Å². The number of carbonyl (C=O) groups is 1. The quantitative estimate of drug-likeness (QED) is 0.720. The number of carbonyl (C=O) groups excluding carboxylic acids is 1. The van der Waals surface area contributed by atoms with Crippen molar-refractivity contribution >= 4 is 11.6 Å². The summed E-state index contributed by atoms with van der Waals surface area (Å²) in [6, 6.07) is 3.38. The van der Waals surface area contributed by atoms with Crippen molar-refractivity contribution in [2.45, 2.75) is 25.3 Å². The van der Waals surface area contributed by atoms with Crippen LogP contribution in [0.5, 0.6) is 0 Å². The highest BCUT2D eigenvalue weighted by Gasteiger charge is 2.44. The van der Waals surface area contributed by atoms with Gasteiger partial charge < -0.3 is 11.5 Å². The largest absolute Gasteiger partial charge is 0.383 e. The Kier molecular flexibility index (Phi) is 2.23. The van der Waals surface area contributed by atoms with E-state index < -0.39 is 5.54 Å². The summed E-state index contributed by atoms with van der Waals surface area (Å²) in [6.07, 6.45) is 3.62. The molecular formula is C11H15N3O. The van der Waals surface area contributed by atoms with Crippen LogP contribution in [-0.2, 0) is 0 Å². The second kappa shape index (κ2) is 3.31. The molecule has 0 aromatic carbocycles. The summed E-state index contributed by atoms with van der Waals surface area (Å²) in [5, 5.41) is 0. The minimum Gasteiger partial charge on any atom is -0.383 e. The first kappa shape index (κ1) is 10.1. The van der Waals surface area contributed by atoms with Gasteiger partial charge in [-0.05, 0) is 37.8 Å². The van der Waals surface area contributed by atoms with E-state index in [0.717, 1.165) is 12.8 Å². The molecule has 0 spiro atoms. The van der Waals surface area contributed by atoms with Crippen molar-refractivity contribution < 1.29 is 4.79 Å². The molecule has 0 aliphatic heterocycles. The van der Waals surface area contributed by atoms with Gasteiger partial charge in [0, 0.05) is 6.20 Å². The Morgan fingerprint density at radius 3 is 2.80 bits per heavy atom. The molecule has 1 aromatic rings. The Morgan fingerprint density at radius 2 is 2.27 bits per heavy atom. The highest BCUT2D eigenvalue weighted by molar-refractivity contribution is 6.06. The average molecular weight is 205 g/mol. The fourth-order valence-corrected chi connectivity index (χ4v) is 1.77. The predicted octanol–water partition coefficient (Wildman–Crippen LogP) is 0.974. The van der Waals surface area contributed by atoms with Gasteiger partial charge in [0.05, 0.1) is 11.1 Å². The first-order chi connectivity index (χ1) is 7.03. The van der Waals surface area contributed by atoms with E-state index in [-0.39, 0.29) is 11.6 Å². The summed E-state index contributed by atoms with van der Waals surface area (Å²) in [5.74, 6) is 0.458. The van der Waals surface area contributed by atoms with Crippen molar-refractivity contribution in [1.82, 2.24) is 4.98 Å². The molecule has 4 N–H and O–H groups in total. The van der Waals surface area contributed by atoms with Gasteiger partial charge in [-0.3, -0.25) is 4.79 Å². The van der Waals surface area contributed by atoms with E-state index in [4.69, 9.17) is 11.5 Å². The fraction of sp³-hybridized carbons (Fsp3) is 0.455. The zero-order valence-electron chi connectivity index (χ0n) is 8.73. The second-order valence-corrected chi connectivity index (χ2v) is 4.32. The number of hydrogen-bond donors (Lipinski definition) is 2. The van der Waals surface area contributed by atoms with Gasteiger partial charge in [-0.1, -0.05) is 0 Å². The number of pyridine rings is 1. The molecule has 1 unspecified atom stereocenters. The first-order valence-corrected chi connectivity index (χ1v) is 5.07. The maximum atomic E-state index is 12.1. The number of rotatable bonds is 3. The standard InChI is InChI=1S/C11H15N3O/c1-11(13,7-4-5-7)9(15)8-3-2-6-14-10(8)12/h2-3,6-7H,4-5,13H2,1H3,(H2,12,14). The van der Waals surface area contributed by atoms with Crippen LogP contribution in [0.3, 0.4) is 0 Å². The van der Waals surface area contributed by atoms with Gasteiger partial charge in [0.1, 0.15) is 5.82 Å². The summed E-state index contributed by atoms with van der Waals surface area (Å²) < 4.78 is 0. The molecule has 0 bridgehead atoms. The molecule has 1 fully saturated rings. The molecule has 1 aliphatic carbocycles. The van der Waals surface area contributed by atoms with E-state index in [1.54, 1.807) is 25.3 Å². The van der Waals surface area contributed by atoms with Crippen LogP contribution in [0.2, 0.25) is 0 Å². The van der Waals surface area contributed by atoms with E-state index in [2.05, 4.69) is 4.98 Å². The molecule has 15 heavy (non-hydrogen) atoms. The predicted molar refractivity (Wildman–Crippen MR) is 58.3 cm³/mol. The zero-order valence-corrected chi connectivity index (χ0v) is 8.73. The Hall–Kier alpha value is -1.42. The third kappa shape index (κ3) is 1.72. The molecule has 0 amide bonds. The first-order valence-electron chi connectivity index (χ1n) is 5.07. The average Bonchev–Trinajstić information content (AvgIpc) is 3.00. The molecule has 1 atom stereocenters. The summed E-state index contributed by atoms with van der Waals surface area (Å²) in [5.41, 5.74) is 11.3. The van der Waals surface area contributed by atoms with Crippen LogP contribution in [-0.4, -0.2) is 16.3 Å². The van der Waals surface area contributed by atoms with Crippen molar-refractivity contribution in [3.05, 3.63) is 23.9 Å². The summed E-state index contributed by atoms with van der Waals surface area (Å²) >= 11 is 0. The Labute approximate surface area is 88.7 Å². The van der Waals surface area contributed by atoms with Gasteiger partial charge in [-0.25, -0.2) is 4.98 Å². The lowest BCUT2D eigenvalue weighted by atomic mass is 9.88. The molecule has 4 heteroatoms. The van der Waals surface area contributed by atoms with Crippen LogP contribution in [0.1, 0.15) is 30.1 Å². The number of nitrogens with zero attached hydrogens (tertiary/aromatic N) is 1. The van der Waals surface area contributed by atoms with Gasteiger partial charge >= 0.3 is 0 Å². The van der Waals surface area contributed by atoms with Crippen LogP contribution in [0.15, 0.2) is 18.3 Å². The number of ketones is 1. The lowest BCUT2D eigenvalue weighted by Crippen LogP contribution is -2.47. The molecule has 1 aromatic heterocycles. The smallest absolute Gasteiger partial charge is 0.186 e. The highest BCUT2D eigenvalue weighted by atomic mass is 16.1. The van der Waals surface area contributed by atoms with Crippen molar-refractivity contribution in [3.8, 4) is 0 Å². The Bertz CT molecular complexity index is 397. The summed E-state index contributed by atoms with van der Waals surface area (Å²) in [7, 11) is 0. The summed E-state index contributed by atoms with van der Waals surface area (Å²) in [6.45, 7) is 1.78. The number of Topliss-reactive ketones (excluding diaryl/α,β-unsaturated/α-hetero) is 1. The fourth-order valence-electron chi connectivity index (χ4n) is 1.77. The van der Waals surface area contributed by atoms with E-state index >= 15 is 0 Å². The van der Waals surface area contributed by atoms with Gasteiger partial charge in [-0.2, -0.15) is 0 Å². The molecule has 0 radical (unpaired) electrons. The third-order valence-corrected chi connectivity index (χ3v) is 3.00. The topological polar surface area (TPSA) is 82.0 Å². The molecule has 1 heterocycles. The molecule has 1 aliphatic rings. The van der Waals surface area contributed by atoms with Gasteiger partial charge in [0.2, 0.25) is 0 Å². The lowest BCUT2D eigenvalue weighted by molar-refractivity contribution is 0.0884. The molecule has 2 rings (SSSR count). The van der Waals surface area contributed by atoms with E-state index in [1.165, 1.54) is 0 Å². The zero-order chi connectivity index (χ0) is 11.1. The van der Waals surface area contributed by atoms with Gasteiger partial charge in [0.25, 0.3) is 0 Å². The van der Waals surface area contributed by atoms with Crippen LogP contribution in [0.25, 0.3) is 0 Å². The number of anilines is 1. The van der Waals surface area contributed by atoms with E-state index in [1.807, 2.05) is 0 Å². The van der Waals surface area contributed by atoms with Crippen molar-refractivity contribution in [2.75, 3.05) is 5.73 Å². The van der Waals surface area contributed by atoms with Crippen molar-refractivity contribution in [2.24, 2.45) is 11.7 Å². The maximum absolute atomic E-state index is 12.1. The maximum Gasteiger partial charge on any atom is 0.186 e. The summed E-state index contributed by atoms with van der Waals surface area (Å²) in [4.78, 5) is 16.0. The minimum absolute atomic E-state index is 0.101. The SMILES string of the molecule is CC(N)(C(=O)c1cccnc1N)C1CC1. The molecular weight excluding hydrogens is 190 g/mol. The molecule has 0 saturated heterocycles. The molecule has 80 valence electrons. The number of aromatic nitrogens is 1. The van der Waals surface area contributed by atoms with Crippen LogP contribution >= 0.6 is 0 Å². The lowest BCUT2D eigenvalue weighted by Gasteiger charge is -2.22. The number of hydrogen-bond acceptors (Lipinski definition) is 4. The van der Waals surface area contributed by atoms with E-state index in [9.17, 15) is 4.79 Å². The number of nitrogens with two attached hydrogens (primary N) is 2. The molecule has 1 saturated carbocycles. The number of nitrogen functional groups attached to an aromatic ring is 1. The Morgan fingerprint density at radius 1 is 1.60 bits per heavy atom. The van der Waals surface area contributed by atoms with Gasteiger partial charge in [0.15, 0.2) is 5.78 Å². The van der Waals surface area contributed by atoms with Gasteiger partial charge in [-0.15, -0.1) is 0 Å². The van der Waals surface area contributed by atoms with Crippen LogP contribution in [0, 0.1) is 5.92 Å². The molecule has 4 nitrogen and oxygen atoms in total. The Balaban J connectivity index is 2.31. The normalized spacial score (nSPS) is 19.6.